The van der Waals surface area contributed by atoms with Gasteiger partial charge < -0.3 is 5.32 Å². The van der Waals surface area contributed by atoms with E-state index >= 15 is 0 Å². The zero-order chi connectivity index (χ0) is 10.8. The average Bonchev–Trinajstić information content (AvgIpc) is 2.24. The van der Waals surface area contributed by atoms with Crippen molar-refractivity contribution in [1.29, 1.82) is 0 Å². The number of nitrogens with one attached hydrogen (secondary N) is 1. The molecule has 0 saturated carbocycles. The Labute approximate surface area is 98.4 Å². The van der Waals surface area contributed by atoms with E-state index in [-0.39, 0.29) is 17.1 Å². The number of carbonyl (C=O) groups is 1. The summed E-state index contributed by atoms with van der Waals surface area (Å²) in [5.74, 6) is -0.0169. The maximum absolute atomic E-state index is 11.6. The topological polar surface area (TPSA) is 29.1 Å². The van der Waals surface area contributed by atoms with Crippen LogP contribution < -0.4 is 5.32 Å². The molecule has 1 aromatic rings. The van der Waals surface area contributed by atoms with Crippen LogP contribution in [0.25, 0.3) is 0 Å². The second kappa shape index (κ2) is 4.33. The van der Waals surface area contributed by atoms with Gasteiger partial charge in [0.05, 0.1) is 5.92 Å². The molecule has 4 heteroatoms. The van der Waals surface area contributed by atoms with Gasteiger partial charge in [-0.05, 0) is 5.56 Å². The largest absolute Gasteiger partial charge is 0.311 e. The van der Waals surface area contributed by atoms with Gasteiger partial charge in [0.2, 0.25) is 5.91 Å². The molecule has 1 aliphatic rings. The van der Waals surface area contributed by atoms with Crippen LogP contribution in [0.15, 0.2) is 30.3 Å². The third kappa shape index (κ3) is 2.21. The third-order valence-corrected chi connectivity index (χ3v) is 4.10. The Hall–Kier alpha value is -0.870. The molecule has 0 aliphatic carbocycles. The molecule has 0 aromatic heterocycles. The summed E-state index contributed by atoms with van der Waals surface area (Å²) in [6, 6.07) is 10.0. The third-order valence-electron chi connectivity index (χ3n) is 2.46. The van der Waals surface area contributed by atoms with E-state index in [1.165, 1.54) is 0 Å². The summed E-state index contributed by atoms with van der Waals surface area (Å²) < 4.78 is 0.576. The first-order valence-corrected chi connectivity index (χ1v) is 6.03. The lowest BCUT2D eigenvalue weighted by molar-refractivity contribution is -0.123. The van der Waals surface area contributed by atoms with E-state index in [4.69, 9.17) is 12.2 Å². The van der Waals surface area contributed by atoms with E-state index in [0.717, 1.165) is 5.56 Å². The average molecular weight is 237 g/mol. The zero-order valence-electron chi connectivity index (χ0n) is 8.27. The molecule has 1 saturated heterocycles. The van der Waals surface area contributed by atoms with Gasteiger partial charge >= 0.3 is 0 Å². The molecule has 1 aromatic carbocycles. The Bertz CT molecular complexity index is 391. The standard InChI is InChI=1S/C11H11NOS2/c1-7-9(8-5-3-2-4-6-8)15-11(14)12-10(7)13/h2-7,9H,1H3,(H,12,13,14). The maximum Gasteiger partial charge on any atom is 0.229 e. The molecule has 1 heterocycles. The smallest absolute Gasteiger partial charge is 0.229 e. The summed E-state index contributed by atoms with van der Waals surface area (Å²) in [6.07, 6.45) is 0. The monoisotopic (exact) mass is 237 g/mol. The minimum absolute atomic E-state index is 0.0209. The highest BCUT2D eigenvalue weighted by atomic mass is 32.2. The summed E-state index contributed by atoms with van der Waals surface area (Å²) >= 11 is 6.59. The summed E-state index contributed by atoms with van der Waals surface area (Å²) in [6.45, 7) is 1.93. The highest BCUT2D eigenvalue weighted by molar-refractivity contribution is 8.23. The van der Waals surface area contributed by atoms with Crippen LogP contribution in [0.2, 0.25) is 0 Å². The Morgan fingerprint density at radius 2 is 2.00 bits per heavy atom. The Balaban J connectivity index is 2.28. The van der Waals surface area contributed by atoms with Gasteiger partial charge in [-0.2, -0.15) is 0 Å². The number of thioether (sulfide) groups is 1. The lowest BCUT2D eigenvalue weighted by Gasteiger charge is -2.28. The van der Waals surface area contributed by atoms with E-state index in [9.17, 15) is 4.79 Å². The van der Waals surface area contributed by atoms with Gasteiger partial charge in [0.25, 0.3) is 0 Å². The lowest BCUT2D eigenvalue weighted by atomic mass is 9.99. The van der Waals surface area contributed by atoms with Crippen molar-refractivity contribution in [2.45, 2.75) is 12.2 Å². The Morgan fingerprint density at radius 3 is 2.67 bits per heavy atom. The number of carbonyl (C=O) groups excluding carboxylic acids is 1. The van der Waals surface area contributed by atoms with E-state index in [1.807, 2.05) is 37.3 Å². The van der Waals surface area contributed by atoms with Crippen molar-refractivity contribution < 1.29 is 4.79 Å². The van der Waals surface area contributed by atoms with Crippen LogP contribution in [-0.2, 0) is 4.79 Å². The predicted octanol–water partition coefficient (Wildman–Crippen LogP) is 2.51. The second-order valence-corrected chi connectivity index (χ2v) is 5.33. The summed E-state index contributed by atoms with van der Waals surface area (Å²) in [7, 11) is 0. The van der Waals surface area contributed by atoms with Crippen LogP contribution >= 0.6 is 24.0 Å². The zero-order valence-corrected chi connectivity index (χ0v) is 9.90. The molecule has 2 rings (SSSR count). The highest BCUT2D eigenvalue weighted by Gasteiger charge is 2.32. The predicted molar refractivity (Wildman–Crippen MR) is 66.7 cm³/mol. The Morgan fingerprint density at radius 1 is 1.33 bits per heavy atom. The van der Waals surface area contributed by atoms with Crippen molar-refractivity contribution in [2.24, 2.45) is 5.92 Å². The van der Waals surface area contributed by atoms with Gasteiger partial charge in [-0.3, -0.25) is 4.79 Å². The number of benzene rings is 1. The second-order valence-electron chi connectivity index (χ2n) is 3.51. The molecule has 0 radical (unpaired) electrons. The number of rotatable bonds is 1. The quantitative estimate of drug-likeness (QED) is 0.761. The van der Waals surface area contributed by atoms with Crippen molar-refractivity contribution >= 4 is 34.2 Å². The van der Waals surface area contributed by atoms with Crippen molar-refractivity contribution in [3.8, 4) is 0 Å². The van der Waals surface area contributed by atoms with Gasteiger partial charge in [0.1, 0.15) is 4.32 Å². The molecule has 0 bridgehead atoms. The first kappa shape index (κ1) is 10.6. The normalized spacial score (nSPS) is 26.2. The molecular formula is C11H11NOS2. The Kier molecular flexibility index (Phi) is 3.07. The molecule has 1 amide bonds. The first-order chi connectivity index (χ1) is 7.18. The number of thiocarbonyl (C=S) groups is 1. The van der Waals surface area contributed by atoms with Crippen LogP contribution in [0.3, 0.4) is 0 Å². The molecule has 1 aliphatic heterocycles. The molecule has 1 N–H and O–H groups in total. The fourth-order valence-electron chi connectivity index (χ4n) is 1.60. The van der Waals surface area contributed by atoms with Crippen LogP contribution in [0.4, 0.5) is 0 Å². The molecule has 2 nitrogen and oxygen atoms in total. The van der Waals surface area contributed by atoms with E-state index < -0.39 is 0 Å². The van der Waals surface area contributed by atoms with Gasteiger partial charge in [-0.1, -0.05) is 61.2 Å². The maximum atomic E-state index is 11.6. The van der Waals surface area contributed by atoms with E-state index in [2.05, 4.69) is 5.32 Å². The van der Waals surface area contributed by atoms with Crippen LogP contribution in [0.5, 0.6) is 0 Å². The summed E-state index contributed by atoms with van der Waals surface area (Å²) in [4.78, 5) is 11.6. The summed E-state index contributed by atoms with van der Waals surface area (Å²) in [5.41, 5.74) is 1.16. The highest BCUT2D eigenvalue weighted by Crippen LogP contribution is 2.39. The fourth-order valence-corrected chi connectivity index (χ4v) is 3.02. The molecule has 1 fully saturated rings. The van der Waals surface area contributed by atoms with Gasteiger partial charge in [0, 0.05) is 5.25 Å². The van der Waals surface area contributed by atoms with Crippen molar-refractivity contribution in [3.05, 3.63) is 35.9 Å². The fraction of sp³-hybridized carbons (Fsp3) is 0.273. The first-order valence-electron chi connectivity index (χ1n) is 4.75. The van der Waals surface area contributed by atoms with Crippen LogP contribution in [0, 0.1) is 5.92 Å². The lowest BCUT2D eigenvalue weighted by Crippen LogP contribution is -2.39. The molecule has 2 atom stereocenters. The van der Waals surface area contributed by atoms with Gasteiger partial charge in [-0.25, -0.2) is 0 Å². The minimum Gasteiger partial charge on any atom is -0.311 e. The van der Waals surface area contributed by atoms with Gasteiger partial charge in [0.15, 0.2) is 0 Å². The van der Waals surface area contributed by atoms with E-state index in [0.29, 0.717) is 4.32 Å². The SMILES string of the molecule is CC1C(=O)NC(=S)SC1c1ccccc1. The molecular weight excluding hydrogens is 226 g/mol. The molecule has 2 unspecified atom stereocenters. The van der Waals surface area contributed by atoms with Gasteiger partial charge in [-0.15, -0.1) is 0 Å². The molecule has 15 heavy (non-hydrogen) atoms. The molecule has 0 spiro atoms. The van der Waals surface area contributed by atoms with Crippen LogP contribution in [0.1, 0.15) is 17.7 Å². The minimum atomic E-state index is -0.0379. The summed E-state index contributed by atoms with van der Waals surface area (Å²) in [5, 5.41) is 2.83. The molecule has 78 valence electrons. The van der Waals surface area contributed by atoms with Crippen molar-refractivity contribution in [3.63, 3.8) is 0 Å². The van der Waals surface area contributed by atoms with E-state index in [1.54, 1.807) is 11.8 Å². The van der Waals surface area contributed by atoms with Crippen molar-refractivity contribution in [1.82, 2.24) is 5.32 Å². The van der Waals surface area contributed by atoms with Crippen LogP contribution in [-0.4, -0.2) is 10.2 Å². The number of amides is 1. The number of hydrogen-bond donors (Lipinski definition) is 1. The van der Waals surface area contributed by atoms with Crippen molar-refractivity contribution in [2.75, 3.05) is 0 Å². The number of hydrogen-bond acceptors (Lipinski definition) is 3.